The Kier molecular flexibility index (Phi) is 4.47. The van der Waals surface area contributed by atoms with Crippen molar-refractivity contribution in [1.82, 2.24) is 0 Å². The summed E-state index contributed by atoms with van der Waals surface area (Å²) in [4.78, 5) is 0. The molecule has 0 atom stereocenters. The van der Waals surface area contributed by atoms with E-state index in [2.05, 4.69) is 0 Å². The monoisotopic (exact) mass is 251 g/mol. The molecule has 0 aromatic rings. The lowest BCUT2D eigenvalue weighted by atomic mass is 11.8. The fourth-order valence-corrected chi connectivity index (χ4v) is 0.671. The van der Waals surface area contributed by atoms with Crippen molar-refractivity contribution in [2.45, 2.75) is 0 Å². The zero-order chi connectivity index (χ0) is 6.62. The van der Waals surface area contributed by atoms with E-state index in [-0.39, 0.29) is 0 Å². The lowest BCUT2D eigenvalue weighted by Gasteiger charge is -2.06. The van der Waals surface area contributed by atoms with Gasteiger partial charge in [0.15, 0.2) is 0 Å². The second-order valence-electron chi connectivity index (χ2n) is 0.978. The van der Waals surface area contributed by atoms with Crippen LogP contribution in [0.3, 0.4) is 0 Å². The van der Waals surface area contributed by atoms with Gasteiger partial charge >= 0.3 is 5.59 Å². The van der Waals surface area contributed by atoms with E-state index in [0.717, 1.165) is 0 Å². The molecule has 0 rings (SSSR count). The first-order valence-electron chi connectivity index (χ1n) is 1.94. The predicted molar refractivity (Wildman–Crippen MR) is 42.0 cm³/mol. The molecular formula is C3H9IO3P+. The number of hydrogen-bond donors (Lipinski definition) is 0. The van der Waals surface area contributed by atoms with Crippen LogP contribution in [0, 0.1) is 0 Å². The van der Waals surface area contributed by atoms with Crippen molar-refractivity contribution in [2.24, 2.45) is 0 Å². The summed E-state index contributed by atoms with van der Waals surface area (Å²) in [5.41, 5.74) is -1.94. The van der Waals surface area contributed by atoms with Crippen LogP contribution in [0.5, 0.6) is 0 Å². The van der Waals surface area contributed by atoms with Gasteiger partial charge in [0.05, 0.1) is 21.3 Å². The van der Waals surface area contributed by atoms with Crippen LogP contribution >= 0.6 is 27.6 Å². The van der Waals surface area contributed by atoms with Crippen LogP contribution in [-0.2, 0) is 13.6 Å². The molecule has 3 nitrogen and oxygen atoms in total. The Morgan fingerprint density at radius 2 is 1.25 bits per heavy atom. The smallest absolute Gasteiger partial charge is 0.174 e. The Balaban J connectivity index is 3.58. The molecule has 0 radical (unpaired) electrons. The molecule has 8 heavy (non-hydrogen) atoms. The second kappa shape index (κ2) is 3.95. The molecule has 0 aromatic carbocycles. The van der Waals surface area contributed by atoms with Crippen LogP contribution in [0.25, 0.3) is 0 Å². The first kappa shape index (κ1) is 9.04. The lowest BCUT2D eigenvalue weighted by Crippen LogP contribution is -1.90. The number of hydrogen-bond acceptors (Lipinski definition) is 3. The number of rotatable bonds is 3. The molecule has 0 aromatic heterocycles. The Hall–Kier alpha value is 1.04. The lowest BCUT2D eigenvalue weighted by molar-refractivity contribution is 0.235. The van der Waals surface area contributed by atoms with Crippen molar-refractivity contribution < 1.29 is 13.6 Å². The number of halogens is 1. The highest BCUT2D eigenvalue weighted by Gasteiger charge is 2.38. The van der Waals surface area contributed by atoms with Gasteiger partial charge in [0.2, 0.25) is 0 Å². The van der Waals surface area contributed by atoms with Gasteiger partial charge in [0.1, 0.15) is 0 Å². The minimum Gasteiger partial charge on any atom is -0.174 e. The molecule has 0 N–H and O–H groups in total. The zero-order valence-electron chi connectivity index (χ0n) is 5.05. The van der Waals surface area contributed by atoms with Crippen LogP contribution < -0.4 is 0 Å². The molecule has 0 amide bonds. The highest BCUT2D eigenvalue weighted by Crippen LogP contribution is 2.68. The van der Waals surface area contributed by atoms with E-state index in [4.69, 9.17) is 13.6 Å². The largest absolute Gasteiger partial charge is 0.475 e. The standard InChI is InChI=1S/C3H9IO3P/c1-5-8(4,6-2)7-3/h1-3H3/q+1. The van der Waals surface area contributed by atoms with Crippen molar-refractivity contribution >= 4 is 27.6 Å². The Bertz CT molecular complexity index is 57.3. The summed E-state index contributed by atoms with van der Waals surface area (Å²) in [5.74, 6) is 0. The van der Waals surface area contributed by atoms with Crippen LogP contribution in [0.4, 0.5) is 0 Å². The molecule has 0 fully saturated rings. The minimum atomic E-state index is -1.94. The van der Waals surface area contributed by atoms with Gasteiger partial charge in [0.25, 0.3) is 22.0 Å². The summed E-state index contributed by atoms with van der Waals surface area (Å²) in [7, 11) is 4.69. The van der Waals surface area contributed by atoms with Gasteiger partial charge in [-0.2, -0.15) is 13.6 Å². The summed E-state index contributed by atoms with van der Waals surface area (Å²) in [6.07, 6.45) is 0. The Morgan fingerprint density at radius 1 is 1.00 bits per heavy atom. The first-order chi connectivity index (χ1) is 3.68. The highest BCUT2D eigenvalue weighted by atomic mass is 127. The molecule has 50 valence electrons. The van der Waals surface area contributed by atoms with E-state index in [1.807, 2.05) is 22.0 Å². The van der Waals surface area contributed by atoms with E-state index < -0.39 is 5.59 Å². The van der Waals surface area contributed by atoms with E-state index in [1.54, 1.807) is 21.3 Å². The average molecular weight is 251 g/mol. The Labute approximate surface area is 62.8 Å². The average Bonchev–Trinajstić information content (AvgIpc) is 1.87. The molecular weight excluding hydrogens is 242 g/mol. The Morgan fingerprint density at radius 3 is 1.25 bits per heavy atom. The van der Waals surface area contributed by atoms with Crippen LogP contribution in [0.1, 0.15) is 0 Å². The summed E-state index contributed by atoms with van der Waals surface area (Å²) in [5, 5.41) is 0. The van der Waals surface area contributed by atoms with Gasteiger partial charge < -0.3 is 0 Å². The normalized spacial score (nSPS) is 12.0. The maximum Gasteiger partial charge on any atom is 0.475 e. The van der Waals surface area contributed by atoms with Crippen molar-refractivity contribution in [2.75, 3.05) is 21.3 Å². The van der Waals surface area contributed by atoms with Gasteiger partial charge in [-0.05, 0) is 0 Å². The first-order valence-corrected chi connectivity index (χ1v) is 6.27. The van der Waals surface area contributed by atoms with Crippen molar-refractivity contribution in [3.05, 3.63) is 0 Å². The SMILES string of the molecule is CO[P+](I)(OC)OC. The summed E-state index contributed by atoms with van der Waals surface area (Å²) in [6, 6.07) is 0. The third-order valence-corrected chi connectivity index (χ3v) is 5.51. The quantitative estimate of drug-likeness (QED) is 0.567. The third kappa shape index (κ3) is 2.55. The predicted octanol–water partition coefficient (Wildman–Crippen LogP) is 2.04. The van der Waals surface area contributed by atoms with Gasteiger partial charge in [-0.1, -0.05) is 0 Å². The van der Waals surface area contributed by atoms with Gasteiger partial charge in [-0.3, -0.25) is 0 Å². The highest BCUT2D eigenvalue weighted by molar-refractivity contribution is 14.2. The summed E-state index contributed by atoms with van der Waals surface area (Å²) >= 11 is 2.01. The molecule has 0 spiro atoms. The maximum atomic E-state index is 4.89. The molecule has 0 aliphatic carbocycles. The van der Waals surface area contributed by atoms with E-state index in [9.17, 15) is 0 Å². The second-order valence-corrected chi connectivity index (χ2v) is 6.48. The molecule has 0 unspecified atom stereocenters. The maximum absolute atomic E-state index is 4.89. The molecule has 0 saturated heterocycles. The van der Waals surface area contributed by atoms with Crippen LogP contribution in [0.2, 0.25) is 0 Å². The van der Waals surface area contributed by atoms with E-state index in [1.165, 1.54) is 0 Å². The van der Waals surface area contributed by atoms with Crippen LogP contribution in [0.15, 0.2) is 0 Å². The van der Waals surface area contributed by atoms with Gasteiger partial charge in [-0.15, -0.1) is 0 Å². The van der Waals surface area contributed by atoms with Crippen molar-refractivity contribution in [3.63, 3.8) is 0 Å². The molecule has 5 heteroatoms. The third-order valence-electron chi connectivity index (χ3n) is 0.654. The fourth-order valence-electron chi connectivity index (χ4n) is 0.224. The topological polar surface area (TPSA) is 27.7 Å². The molecule has 0 saturated carbocycles. The molecule has 0 heterocycles. The molecule has 0 bridgehead atoms. The van der Waals surface area contributed by atoms with Crippen molar-refractivity contribution in [3.8, 4) is 0 Å². The van der Waals surface area contributed by atoms with E-state index >= 15 is 0 Å². The zero-order valence-corrected chi connectivity index (χ0v) is 8.10. The fraction of sp³-hybridized carbons (Fsp3) is 1.00. The molecule has 0 aliphatic heterocycles. The van der Waals surface area contributed by atoms with Gasteiger partial charge in [0, 0.05) is 0 Å². The minimum absolute atomic E-state index is 1.56. The van der Waals surface area contributed by atoms with Gasteiger partial charge in [-0.25, -0.2) is 0 Å². The summed E-state index contributed by atoms with van der Waals surface area (Å²) < 4.78 is 14.7. The summed E-state index contributed by atoms with van der Waals surface area (Å²) in [6.45, 7) is 0. The van der Waals surface area contributed by atoms with Crippen molar-refractivity contribution in [1.29, 1.82) is 0 Å². The molecule has 0 aliphatic rings. The van der Waals surface area contributed by atoms with Crippen LogP contribution in [-0.4, -0.2) is 21.3 Å². The van der Waals surface area contributed by atoms with E-state index in [0.29, 0.717) is 0 Å².